The maximum atomic E-state index is 9.56. The first-order valence-corrected chi connectivity index (χ1v) is 4.24. The van der Waals surface area contributed by atoms with Gasteiger partial charge in [-0.2, -0.15) is 0 Å². The summed E-state index contributed by atoms with van der Waals surface area (Å²) in [6, 6.07) is 0. The van der Waals surface area contributed by atoms with Crippen molar-refractivity contribution in [3.63, 3.8) is 0 Å². The molecule has 0 radical (unpaired) electrons. The smallest absolute Gasteiger partial charge is 0.111 e. The summed E-state index contributed by atoms with van der Waals surface area (Å²) in [7, 11) is 0. The first kappa shape index (κ1) is 8.44. The normalized spacial score (nSPS) is 58.0. The van der Waals surface area contributed by atoms with E-state index in [0.29, 0.717) is 6.42 Å². The monoisotopic (exact) mass is 174 g/mol. The minimum atomic E-state index is -0.853. The fraction of sp³-hybridized carbons (Fsp3) is 1.00. The van der Waals surface area contributed by atoms with E-state index in [1.54, 1.807) is 6.92 Å². The van der Waals surface area contributed by atoms with Crippen LogP contribution in [0.2, 0.25) is 0 Å². The number of fused-ring (bicyclic) bond motifs is 2. The highest BCUT2D eigenvalue weighted by molar-refractivity contribution is 5.09. The first-order chi connectivity index (χ1) is 5.59. The Hall–Kier alpha value is -0.160. The van der Waals surface area contributed by atoms with E-state index >= 15 is 0 Å². The summed E-state index contributed by atoms with van der Waals surface area (Å²) in [5.74, 6) is -0.0408. The molecule has 12 heavy (non-hydrogen) atoms. The van der Waals surface area contributed by atoms with Gasteiger partial charge in [-0.1, -0.05) is 0 Å². The van der Waals surface area contributed by atoms with Crippen molar-refractivity contribution in [2.75, 3.05) is 6.61 Å². The van der Waals surface area contributed by atoms with Crippen LogP contribution in [0.5, 0.6) is 0 Å². The second-order valence-electron chi connectivity index (χ2n) is 3.89. The molecule has 70 valence electrons. The zero-order valence-corrected chi connectivity index (χ0v) is 6.97. The van der Waals surface area contributed by atoms with Crippen molar-refractivity contribution in [2.24, 2.45) is 5.92 Å². The highest BCUT2D eigenvalue weighted by Crippen LogP contribution is 2.47. The van der Waals surface area contributed by atoms with Crippen LogP contribution in [0.25, 0.3) is 0 Å². The standard InChI is InChI=1S/C8H14O4/c1-8-4(3-9)2-5(12-8)6(10)7(8)11/h4-7,9-11H,2-3H2,1H3/t4-,5-,6+,7-,8+/m1/s1. The van der Waals surface area contributed by atoms with E-state index in [4.69, 9.17) is 9.84 Å². The van der Waals surface area contributed by atoms with Crippen LogP contribution in [-0.2, 0) is 4.74 Å². The molecule has 2 fully saturated rings. The van der Waals surface area contributed by atoms with Gasteiger partial charge in [0, 0.05) is 12.5 Å². The van der Waals surface area contributed by atoms with Crippen LogP contribution in [0, 0.1) is 5.92 Å². The van der Waals surface area contributed by atoms with Crippen LogP contribution in [0.4, 0.5) is 0 Å². The lowest BCUT2D eigenvalue weighted by atomic mass is 9.77. The molecule has 2 aliphatic rings. The Morgan fingerprint density at radius 1 is 1.50 bits per heavy atom. The van der Waals surface area contributed by atoms with Gasteiger partial charge in [0.25, 0.3) is 0 Å². The van der Waals surface area contributed by atoms with E-state index < -0.39 is 17.8 Å². The molecule has 5 atom stereocenters. The maximum Gasteiger partial charge on any atom is 0.111 e. The van der Waals surface area contributed by atoms with E-state index in [9.17, 15) is 10.2 Å². The van der Waals surface area contributed by atoms with Crippen LogP contribution in [-0.4, -0.2) is 45.8 Å². The van der Waals surface area contributed by atoms with Gasteiger partial charge in [-0.15, -0.1) is 0 Å². The van der Waals surface area contributed by atoms with Gasteiger partial charge in [-0.25, -0.2) is 0 Å². The molecule has 0 aromatic carbocycles. The van der Waals surface area contributed by atoms with Crippen molar-refractivity contribution in [2.45, 2.75) is 37.3 Å². The molecule has 0 aliphatic carbocycles. The molecule has 2 rings (SSSR count). The molecule has 0 aromatic heterocycles. The Morgan fingerprint density at radius 3 is 2.58 bits per heavy atom. The predicted molar refractivity (Wildman–Crippen MR) is 40.5 cm³/mol. The lowest BCUT2D eigenvalue weighted by Gasteiger charge is -2.33. The van der Waals surface area contributed by atoms with Gasteiger partial charge in [0.15, 0.2) is 0 Å². The lowest BCUT2D eigenvalue weighted by molar-refractivity contribution is -0.0763. The van der Waals surface area contributed by atoms with Crippen LogP contribution in [0.15, 0.2) is 0 Å². The van der Waals surface area contributed by atoms with Crippen LogP contribution in [0.3, 0.4) is 0 Å². The quantitative estimate of drug-likeness (QED) is 0.471. The van der Waals surface area contributed by atoms with Gasteiger partial charge in [0.1, 0.15) is 12.2 Å². The van der Waals surface area contributed by atoms with Crippen molar-refractivity contribution >= 4 is 0 Å². The maximum absolute atomic E-state index is 9.56. The van der Waals surface area contributed by atoms with E-state index in [-0.39, 0.29) is 18.6 Å². The minimum Gasteiger partial charge on any atom is -0.396 e. The minimum absolute atomic E-state index is 0.0107. The average molecular weight is 174 g/mol. The zero-order valence-electron chi connectivity index (χ0n) is 6.97. The van der Waals surface area contributed by atoms with E-state index in [1.165, 1.54) is 0 Å². The Bertz CT molecular complexity index is 191. The summed E-state index contributed by atoms with van der Waals surface area (Å²) in [6.45, 7) is 1.76. The highest BCUT2D eigenvalue weighted by atomic mass is 16.6. The molecule has 2 saturated heterocycles. The molecule has 2 aliphatic heterocycles. The average Bonchev–Trinajstić information content (AvgIpc) is 2.48. The number of ether oxygens (including phenoxy) is 1. The third-order valence-corrected chi connectivity index (χ3v) is 3.24. The lowest BCUT2D eigenvalue weighted by Crippen LogP contribution is -2.50. The van der Waals surface area contributed by atoms with Crippen molar-refractivity contribution in [3.8, 4) is 0 Å². The molecule has 0 amide bonds. The van der Waals surface area contributed by atoms with Crippen molar-refractivity contribution in [3.05, 3.63) is 0 Å². The molecule has 0 saturated carbocycles. The summed E-state index contributed by atoms with van der Waals surface area (Å²) in [5.41, 5.74) is -0.737. The number of hydrogen-bond acceptors (Lipinski definition) is 4. The third kappa shape index (κ3) is 0.808. The first-order valence-electron chi connectivity index (χ1n) is 4.24. The van der Waals surface area contributed by atoms with Gasteiger partial charge in [-0.3, -0.25) is 0 Å². The Labute approximate surface area is 70.8 Å². The molecule has 2 bridgehead atoms. The topological polar surface area (TPSA) is 69.9 Å². The van der Waals surface area contributed by atoms with Crippen LogP contribution >= 0.6 is 0 Å². The number of rotatable bonds is 1. The number of hydrogen-bond donors (Lipinski definition) is 3. The van der Waals surface area contributed by atoms with Gasteiger partial charge < -0.3 is 20.1 Å². The Balaban J connectivity index is 2.24. The molecular formula is C8H14O4. The predicted octanol–water partition coefficient (Wildman–Crippen LogP) is -1.12. The van der Waals surface area contributed by atoms with E-state index in [2.05, 4.69) is 0 Å². The third-order valence-electron chi connectivity index (χ3n) is 3.24. The molecule has 3 N–H and O–H groups in total. The second-order valence-corrected chi connectivity index (χ2v) is 3.89. The summed E-state index contributed by atoms with van der Waals surface area (Å²) in [4.78, 5) is 0. The fourth-order valence-corrected chi connectivity index (χ4v) is 2.30. The molecule has 4 heteroatoms. The van der Waals surface area contributed by atoms with Gasteiger partial charge in [-0.05, 0) is 13.3 Å². The van der Waals surface area contributed by atoms with Gasteiger partial charge >= 0.3 is 0 Å². The van der Waals surface area contributed by atoms with Crippen molar-refractivity contribution in [1.29, 1.82) is 0 Å². The van der Waals surface area contributed by atoms with Crippen LogP contribution in [0.1, 0.15) is 13.3 Å². The SMILES string of the molecule is C[C@]12O[C@H](C[C@@H]1CO)[C@H](O)[C@H]2O. The van der Waals surface area contributed by atoms with Crippen molar-refractivity contribution < 1.29 is 20.1 Å². The largest absolute Gasteiger partial charge is 0.396 e. The highest BCUT2D eigenvalue weighted by Gasteiger charge is 2.60. The summed E-state index contributed by atoms with van der Waals surface area (Å²) >= 11 is 0. The molecule has 0 unspecified atom stereocenters. The van der Waals surface area contributed by atoms with E-state index in [1.807, 2.05) is 0 Å². The Morgan fingerprint density at radius 2 is 2.17 bits per heavy atom. The molecule has 0 spiro atoms. The molecular weight excluding hydrogens is 160 g/mol. The zero-order chi connectivity index (χ0) is 8.93. The van der Waals surface area contributed by atoms with E-state index in [0.717, 1.165) is 0 Å². The second kappa shape index (κ2) is 2.42. The summed E-state index contributed by atoms with van der Waals surface area (Å²) in [6.07, 6.45) is -1.28. The fourth-order valence-electron chi connectivity index (χ4n) is 2.30. The molecule has 2 heterocycles. The van der Waals surface area contributed by atoms with Crippen molar-refractivity contribution in [1.82, 2.24) is 0 Å². The Kier molecular flexibility index (Phi) is 1.70. The number of aliphatic hydroxyl groups excluding tert-OH is 3. The molecule has 0 aromatic rings. The van der Waals surface area contributed by atoms with Crippen LogP contribution < -0.4 is 0 Å². The molecule has 4 nitrogen and oxygen atoms in total. The van der Waals surface area contributed by atoms with Gasteiger partial charge in [0.2, 0.25) is 0 Å². The number of aliphatic hydroxyl groups is 3. The van der Waals surface area contributed by atoms with Gasteiger partial charge in [0.05, 0.1) is 11.7 Å². The summed E-state index contributed by atoms with van der Waals surface area (Å²) in [5, 5.41) is 28.0. The summed E-state index contributed by atoms with van der Waals surface area (Å²) < 4.78 is 5.43.